The van der Waals surface area contributed by atoms with E-state index in [1.165, 1.54) is 0 Å². The minimum Gasteiger partial charge on any atom is -0.455 e. The number of esters is 1. The fraction of sp³-hybridized carbons (Fsp3) is 0.533. The van der Waals surface area contributed by atoms with Crippen molar-refractivity contribution in [2.24, 2.45) is 5.92 Å². The van der Waals surface area contributed by atoms with Gasteiger partial charge < -0.3 is 10.1 Å². The largest absolute Gasteiger partial charge is 0.455 e. The number of hydrogen-bond acceptors (Lipinski definition) is 4. The molecule has 0 saturated heterocycles. The SMILES string of the molecule is O=C(COC(=O)C1CCCCC1)Nc1ncc(C(F)(F)F)cc1Cl. The second-order valence-electron chi connectivity index (χ2n) is 5.54. The summed E-state index contributed by atoms with van der Waals surface area (Å²) in [5.41, 5.74) is -1.02. The molecule has 0 radical (unpaired) electrons. The number of carbonyl (C=O) groups excluding carboxylic acids is 2. The van der Waals surface area contributed by atoms with Crippen LogP contribution < -0.4 is 5.32 Å². The summed E-state index contributed by atoms with van der Waals surface area (Å²) in [6.45, 7) is -0.533. The van der Waals surface area contributed by atoms with Gasteiger partial charge in [-0.05, 0) is 18.9 Å². The van der Waals surface area contributed by atoms with Crippen LogP contribution in [0.4, 0.5) is 19.0 Å². The Balaban J connectivity index is 1.87. The Kier molecular flexibility index (Phi) is 6.04. The highest BCUT2D eigenvalue weighted by Gasteiger charge is 2.31. The molecule has 9 heteroatoms. The van der Waals surface area contributed by atoms with Crippen molar-refractivity contribution in [3.8, 4) is 0 Å². The molecular weight excluding hydrogens is 349 g/mol. The van der Waals surface area contributed by atoms with Crippen LogP contribution in [0.1, 0.15) is 37.7 Å². The third-order valence-electron chi connectivity index (χ3n) is 3.71. The number of alkyl halides is 3. The van der Waals surface area contributed by atoms with Crippen molar-refractivity contribution < 1.29 is 27.5 Å². The lowest BCUT2D eigenvalue weighted by Crippen LogP contribution is -2.26. The Morgan fingerprint density at radius 2 is 1.96 bits per heavy atom. The van der Waals surface area contributed by atoms with Gasteiger partial charge in [0.25, 0.3) is 5.91 Å². The number of amides is 1. The molecule has 1 aliphatic rings. The second-order valence-corrected chi connectivity index (χ2v) is 5.95. The van der Waals surface area contributed by atoms with Gasteiger partial charge in [0, 0.05) is 6.20 Å². The monoisotopic (exact) mass is 364 g/mol. The molecule has 1 aromatic heterocycles. The smallest absolute Gasteiger partial charge is 0.417 e. The fourth-order valence-electron chi connectivity index (χ4n) is 2.45. The van der Waals surface area contributed by atoms with Crippen LogP contribution in [-0.2, 0) is 20.5 Å². The molecule has 0 atom stereocenters. The van der Waals surface area contributed by atoms with E-state index in [1.807, 2.05) is 0 Å². The van der Waals surface area contributed by atoms with Crippen molar-refractivity contribution in [1.82, 2.24) is 4.98 Å². The molecule has 1 N–H and O–H groups in total. The summed E-state index contributed by atoms with van der Waals surface area (Å²) in [6.07, 6.45) is 0.472. The number of hydrogen-bond donors (Lipinski definition) is 1. The number of nitrogens with zero attached hydrogens (tertiary/aromatic N) is 1. The summed E-state index contributed by atoms with van der Waals surface area (Å²) < 4.78 is 42.4. The molecule has 0 aliphatic heterocycles. The average molecular weight is 365 g/mol. The van der Waals surface area contributed by atoms with Gasteiger partial charge in [-0.3, -0.25) is 9.59 Å². The van der Waals surface area contributed by atoms with E-state index in [1.54, 1.807) is 0 Å². The summed E-state index contributed by atoms with van der Waals surface area (Å²) in [5, 5.41) is 1.87. The first kappa shape index (κ1) is 18.5. The molecule has 24 heavy (non-hydrogen) atoms. The van der Waals surface area contributed by atoms with Gasteiger partial charge in [0.15, 0.2) is 12.4 Å². The molecule has 0 aromatic carbocycles. The minimum absolute atomic E-state index is 0.195. The van der Waals surface area contributed by atoms with Crippen molar-refractivity contribution in [2.75, 3.05) is 11.9 Å². The van der Waals surface area contributed by atoms with Gasteiger partial charge in [-0.25, -0.2) is 4.98 Å². The third-order valence-corrected chi connectivity index (χ3v) is 4.00. The Hall–Kier alpha value is -1.83. The molecule has 1 aliphatic carbocycles. The van der Waals surface area contributed by atoms with Crippen molar-refractivity contribution in [2.45, 2.75) is 38.3 Å². The van der Waals surface area contributed by atoms with Crippen LogP contribution >= 0.6 is 11.6 Å². The second kappa shape index (κ2) is 7.83. The maximum absolute atomic E-state index is 12.5. The Labute approximate surface area is 141 Å². The van der Waals surface area contributed by atoms with Crippen LogP contribution in [0.15, 0.2) is 12.3 Å². The van der Waals surface area contributed by atoms with Crippen LogP contribution in [0.2, 0.25) is 5.02 Å². The number of nitrogens with one attached hydrogen (secondary N) is 1. The zero-order valence-electron chi connectivity index (χ0n) is 12.7. The lowest BCUT2D eigenvalue weighted by molar-refractivity contribution is -0.152. The van der Waals surface area contributed by atoms with E-state index >= 15 is 0 Å². The van der Waals surface area contributed by atoms with E-state index in [4.69, 9.17) is 16.3 Å². The number of aromatic nitrogens is 1. The molecule has 1 aromatic rings. The third kappa shape index (κ3) is 5.09. The van der Waals surface area contributed by atoms with Crippen molar-refractivity contribution in [3.63, 3.8) is 0 Å². The number of pyridine rings is 1. The molecule has 1 amide bonds. The van der Waals surface area contributed by atoms with Gasteiger partial charge in [0.05, 0.1) is 16.5 Å². The van der Waals surface area contributed by atoms with E-state index in [9.17, 15) is 22.8 Å². The number of halogens is 4. The standard InChI is InChI=1S/C15H16ClF3N2O3/c16-11-6-10(15(17,18)19)7-20-13(11)21-12(22)8-24-14(23)9-4-2-1-3-5-9/h6-7,9H,1-5,8H2,(H,20,21,22). The molecule has 1 saturated carbocycles. The van der Waals surface area contributed by atoms with E-state index in [-0.39, 0.29) is 16.8 Å². The van der Waals surface area contributed by atoms with Crippen molar-refractivity contribution in [3.05, 3.63) is 22.8 Å². The van der Waals surface area contributed by atoms with Gasteiger partial charge >= 0.3 is 12.1 Å². The van der Waals surface area contributed by atoms with Crippen LogP contribution in [0.25, 0.3) is 0 Å². The molecule has 1 fully saturated rings. The Bertz CT molecular complexity index is 616. The normalized spacial score (nSPS) is 15.8. The number of anilines is 1. The first-order valence-corrected chi connectivity index (χ1v) is 7.84. The zero-order valence-corrected chi connectivity index (χ0v) is 13.4. The molecule has 0 spiro atoms. The van der Waals surface area contributed by atoms with E-state index in [0.29, 0.717) is 12.3 Å². The Morgan fingerprint density at radius 1 is 1.29 bits per heavy atom. The van der Waals surface area contributed by atoms with Crippen LogP contribution in [0, 0.1) is 5.92 Å². The highest BCUT2D eigenvalue weighted by molar-refractivity contribution is 6.33. The molecular formula is C15H16ClF3N2O3. The Morgan fingerprint density at radius 3 is 2.54 bits per heavy atom. The lowest BCUT2D eigenvalue weighted by atomic mass is 9.89. The van der Waals surface area contributed by atoms with E-state index in [0.717, 1.165) is 32.1 Å². The average Bonchev–Trinajstić information content (AvgIpc) is 2.54. The van der Waals surface area contributed by atoms with E-state index < -0.39 is 30.2 Å². The minimum atomic E-state index is -4.57. The summed E-state index contributed by atoms with van der Waals surface area (Å²) >= 11 is 5.68. The lowest BCUT2D eigenvalue weighted by Gasteiger charge is -2.19. The fourth-order valence-corrected chi connectivity index (χ4v) is 2.66. The van der Waals surface area contributed by atoms with Gasteiger partial charge in [-0.1, -0.05) is 30.9 Å². The molecule has 0 bridgehead atoms. The first-order chi connectivity index (χ1) is 11.3. The van der Waals surface area contributed by atoms with Crippen LogP contribution in [0.3, 0.4) is 0 Å². The predicted molar refractivity (Wildman–Crippen MR) is 80.4 cm³/mol. The maximum atomic E-state index is 12.5. The molecule has 132 valence electrons. The summed E-state index contributed by atoms with van der Waals surface area (Å²) in [5.74, 6) is -1.56. The molecule has 1 heterocycles. The summed E-state index contributed by atoms with van der Waals surface area (Å²) in [7, 11) is 0. The van der Waals surface area contributed by atoms with Crippen molar-refractivity contribution >= 4 is 29.3 Å². The first-order valence-electron chi connectivity index (χ1n) is 7.46. The van der Waals surface area contributed by atoms with Gasteiger partial charge in [-0.2, -0.15) is 13.2 Å². The highest BCUT2D eigenvalue weighted by atomic mass is 35.5. The van der Waals surface area contributed by atoms with Gasteiger partial charge in [0.2, 0.25) is 0 Å². The van der Waals surface area contributed by atoms with Gasteiger partial charge in [-0.15, -0.1) is 0 Å². The highest BCUT2D eigenvalue weighted by Crippen LogP contribution is 2.32. The van der Waals surface area contributed by atoms with Gasteiger partial charge in [0.1, 0.15) is 0 Å². The van der Waals surface area contributed by atoms with Crippen LogP contribution in [-0.4, -0.2) is 23.5 Å². The van der Waals surface area contributed by atoms with Crippen LogP contribution in [0.5, 0.6) is 0 Å². The number of rotatable bonds is 4. The maximum Gasteiger partial charge on any atom is 0.417 e. The predicted octanol–water partition coefficient (Wildman–Crippen LogP) is 3.82. The molecule has 2 rings (SSSR count). The summed E-state index contributed by atoms with van der Waals surface area (Å²) in [6, 6.07) is 0.665. The molecule has 5 nitrogen and oxygen atoms in total. The summed E-state index contributed by atoms with van der Waals surface area (Å²) in [4.78, 5) is 27.0. The van der Waals surface area contributed by atoms with Crippen molar-refractivity contribution in [1.29, 1.82) is 0 Å². The zero-order chi connectivity index (χ0) is 17.7. The quantitative estimate of drug-likeness (QED) is 0.825. The number of carbonyl (C=O) groups is 2. The van der Waals surface area contributed by atoms with E-state index in [2.05, 4.69) is 10.3 Å². The topological polar surface area (TPSA) is 68.3 Å². The number of ether oxygens (including phenoxy) is 1. The molecule has 0 unspecified atom stereocenters.